The van der Waals surface area contributed by atoms with Gasteiger partial charge in [-0.05, 0) is 33.1 Å². The predicted octanol–water partition coefficient (Wildman–Crippen LogP) is 3.62. The highest BCUT2D eigenvalue weighted by molar-refractivity contribution is 7.98. The van der Waals surface area contributed by atoms with Crippen molar-refractivity contribution in [2.75, 3.05) is 35.8 Å². The zero-order valence-electron chi connectivity index (χ0n) is 12.7. The van der Waals surface area contributed by atoms with Gasteiger partial charge in [0.2, 0.25) is 5.95 Å². The molecule has 2 aromatic heterocycles. The molecule has 0 amide bonds. The predicted molar refractivity (Wildman–Crippen MR) is 92.6 cm³/mol. The number of rotatable bonds is 6. The molecule has 2 rings (SSSR count). The Morgan fingerprint density at radius 3 is 2.85 bits per heavy atom. The number of fused-ring (bicyclic) bond motifs is 1. The average Bonchev–Trinajstić information content (AvgIpc) is 2.78. The van der Waals surface area contributed by atoms with Crippen LogP contribution in [-0.4, -0.2) is 41.6 Å². The van der Waals surface area contributed by atoms with E-state index in [4.69, 9.17) is 4.98 Å². The van der Waals surface area contributed by atoms with E-state index in [9.17, 15) is 0 Å². The second-order valence-corrected chi connectivity index (χ2v) is 7.04. The summed E-state index contributed by atoms with van der Waals surface area (Å²) in [6.45, 7) is 7.25. The summed E-state index contributed by atoms with van der Waals surface area (Å²) < 4.78 is 0. The molecule has 1 unspecified atom stereocenters. The monoisotopic (exact) mass is 310 g/mol. The van der Waals surface area contributed by atoms with E-state index in [1.807, 2.05) is 11.8 Å². The third-order valence-corrected chi connectivity index (χ3v) is 4.99. The fourth-order valence-corrected chi connectivity index (χ4v) is 3.67. The third kappa shape index (κ3) is 3.17. The van der Waals surface area contributed by atoms with Crippen molar-refractivity contribution in [3.8, 4) is 0 Å². The van der Waals surface area contributed by atoms with Crippen molar-refractivity contribution < 1.29 is 0 Å². The van der Waals surface area contributed by atoms with Crippen molar-refractivity contribution in [3.63, 3.8) is 0 Å². The van der Waals surface area contributed by atoms with Gasteiger partial charge in [-0.2, -0.15) is 16.7 Å². The molecule has 2 heterocycles. The topological polar surface area (TPSA) is 41.1 Å². The van der Waals surface area contributed by atoms with E-state index in [-0.39, 0.29) is 0 Å². The number of thiophene rings is 1. The van der Waals surface area contributed by atoms with Crippen molar-refractivity contribution in [1.82, 2.24) is 9.97 Å². The van der Waals surface area contributed by atoms with Gasteiger partial charge in [0, 0.05) is 30.3 Å². The summed E-state index contributed by atoms with van der Waals surface area (Å²) in [7, 11) is 2.12. The summed E-state index contributed by atoms with van der Waals surface area (Å²) in [4.78, 5) is 13.9. The van der Waals surface area contributed by atoms with Crippen LogP contribution in [0, 0.1) is 6.92 Å². The normalized spacial score (nSPS) is 12.7. The first-order chi connectivity index (χ1) is 9.56. The first-order valence-corrected chi connectivity index (χ1v) is 9.01. The molecular weight excluding hydrogens is 288 g/mol. The summed E-state index contributed by atoms with van der Waals surface area (Å²) in [5, 5.41) is 4.38. The number of aromatic nitrogens is 2. The SMILES string of the molecule is CCNc1nc(N(C)C(C)CSC)c2cc(C)sc2n1. The Balaban J connectivity index is 2.48. The zero-order chi connectivity index (χ0) is 14.7. The van der Waals surface area contributed by atoms with E-state index in [2.05, 4.69) is 55.3 Å². The number of aryl methyl sites for hydroxylation is 1. The van der Waals surface area contributed by atoms with Gasteiger partial charge >= 0.3 is 0 Å². The molecule has 2 aromatic rings. The van der Waals surface area contributed by atoms with Gasteiger partial charge in [0.25, 0.3) is 0 Å². The molecule has 0 radical (unpaired) electrons. The number of hydrogen-bond donors (Lipinski definition) is 1. The number of nitrogens with one attached hydrogen (secondary N) is 1. The van der Waals surface area contributed by atoms with Gasteiger partial charge in [0.1, 0.15) is 10.6 Å². The van der Waals surface area contributed by atoms with Crippen LogP contribution in [-0.2, 0) is 0 Å². The molecule has 4 nitrogen and oxygen atoms in total. The van der Waals surface area contributed by atoms with Gasteiger partial charge in [-0.25, -0.2) is 4.98 Å². The van der Waals surface area contributed by atoms with Crippen LogP contribution in [0.1, 0.15) is 18.7 Å². The maximum absolute atomic E-state index is 4.71. The van der Waals surface area contributed by atoms with Gasteiger partial charge in [0.15, 0.2) is 0 Å². The smallest absolute Gasteiger partial charge is 0.226 e. The quantitative estimate of drug-likeness (QED) is 0.882. The highest BCUT2D eigenvalue weighted by atomic mass is 32.2. The van der Waals surface area contributed by atoms with Gasteiger partial charge in [0.05, 0.1) is 5.39 Å². The van der Waals surface area contributed by atoms with Gasteiger partial charge in [-0.1, -0.05) is 0 Å². The van der Waals surface area contributed by atoms with E-state index in [0.29, 0.717) is 6.04 Å². The van der Waals surface area contributed by atoms with Crippen molar-refractivity contribution in [3.05, 3.63) is 10.9 Å². The molecule has 0 aromatic carbocycles. The summed E-state index contributed by atoms with van der Waals surface area (Å²) >= 11 is 3.59. The Morgan fingerprint density at radius 1 is 1.45 bits per heavy atom. The van der Waals surface area contributed by atoms with Crippen LogP contribution < -0.4 is 10.2 Å². The minimum atomic E-state index is 0.442. The number of hydrogen-bond acceptors (Lipinski definition) is 6. The molecule has 0 saturated heterocycles. The Labute approximate surface area is 129 Å². The van der Waals surface area contributed by atoms with Crippen LogP contribution in [0.5, 0.6) is 0 Å². The van der Waals surface area contributed by atoms with Crippen LogP contribution >= 0.6 is 23.1 Å². The molecule has 0 aliphatic carbocycles. The molecule has 0 bridgehead atoms. The lowest BCUT2D eigenvalue weighted by Gasteiger charge is -2.26. The van der Waals surface area contributed by atoms with Crippen LogP contribution in [0.25, 0.3) is 10.2 Å². The molecule has 0 aliphatic heterocycles. The summed E-state index contributed by atoms with van der Waals surface area (Å²) in [6, 6.07) is 2.63. The molecule has 0 aliphatic rings. The van der Waals surface area contributed by atoms with Crippen molar-refractivity contribution in [1.29, 1.82) is 0 Å². The second-order valence-electron chi connectivity index (χ2n) is 4.89. The number of nitrogens with zero attached hydrogens (tertiary/aromatic N) is 3. The van der Waals surface area contributed by atoms with E-state index in [1.54, 1.807) is 11.3 Å². The van der Waals surface area contributed by atoms with Gasteiger partial charge in [-0.15, -0.1) is 11.3 Å². The lowest BCUT2D eigenvalue weighted by Crippen LogP contribution is -2.31. The highest BCUT2D eigenvalue weighted by Gasteiger charge is 2.17. The van der Waals surface area contributed by atoms with E-state index >= 15 is 0 Å². The Bertz CT molecular complexity index is 582. The van der Waals surface area contributed by atoms with E-state index in [1.165, 1.54) is 4.88 Å². The molecule has 0 saturated carbocycles. The van der Waals surface area contributed by atoms with Gasteiger partial charge in [-0.3, -0.25) is 0 Å². The number of thioether (sulfide) groups is 1. The maximum atomic E-state index is 4.71. The minimum Gasteiger partial charge on any atom is -0.355 e. The van der Waals surface area contributed by atoms with Crippen LogP contribution in [0.4, 0.5) is 11.8 Å². The first-order valence-electron chi connectivity index (χ1n) is 6.80. The molecule has 0 spiro atoms. The minimum absolute atomic E-state index is 0.442. The van der Waals surface area contributed by atoms with Crippen molar-refractivity contribution in [2.45, 2.75) is 26.8 Å². The molecule has 20 heavy (non-hydrogen) atoms. The van der Waals surface area contributed by atoms with Crippen LogP contribution in [0.15, 0.2) is 6.07 Å². The lowest BCUT2D eigenvalue weighted by atomic mass is 10.3. The van der Waals surface area contributed by atoms with Crippen LogP contribution in [0.3, 0.4) is 0 Å². The summed E-state index contributed by atoms with van der Waals surface area (Å²) in [5.41, 5.74) is 0. The van der Waals surface area contributed by atoms with Crippen molar-refractivity contribution in [2.24, 2.45) is 0 Å². The Kier molecular flexibility index (Phi) is 5.10. The van der Waals surface area contributed by atoms with E-state index < -0.39 is 0 Å². The molecule has 1 atom stereocenters. The lowest BCUT2D eigenvalue weighted by molar-refractivity contribution is 0.756. The average molecular weight is 310 g/mol. The summed E-state index contributed by atoms with van der Waals surface area (Å²) in [6.07, 6.45) is 2.14. The second kappa shape index (κ2) is 6.63. The molecule has 0 fully saturated rings. The third-order valence-electron chi connectivity index (χ3n) is 3.23. The van der Waals surface area contributed by atoms with Crippen LogP contribution in [0.2, 0.25) is 0 Å². The molecular formula is C14H22N4S2. The standard InChI is InChI=1S/C14H22N4S2/c1-6-15-14-16-12(18(4)9(2)8-19-5)11-7-10(3)20-13(11)17-14/h7,9H,6,8H2,1-5H3,(H,15,16,17). The maximum Gasteiger partial charge on any atom is 0.226 e. The summed E-state index contributed by atoms with van der Waals surface area (Å²) in [5.74, 6) is 2.83. The number of anilines is 2. The molecule has 1 N–H and O–H groups in total. The zero-order valence-corrected chi connectivity index (χ0v) is 14.4. The van der Waals surface area contributed by atoms with Crippen molar-refractivity contribution >= 4 is 45.1 Å². The Morgan fingerprint density at radius 2 is 2.20 bits per heavy atom. The first kappa shape index (κ1) is 15.4. The highest BCUT2D eigenvalue weighted by Crippen LogP contribution is 2.32. The fraction of sp³-hybridized carbons (Fsp3) is 0.571. The van der Waals surface area contributed by atoms with Gasteiger partial charge < -0.3 is 10.2 Å². The largest absolute Gasteiger partial charge is 0.355 e. The van der Waals surface area contributed by atoms with E-state index in [0.717, 1.165) is 34.3 Å². The Hall–Kier alpha value is -1.01. The molecule has 6 heteroatoms. The molecule has 110 valence electrons. The fourth-order valence-electron chi connectivity index (χ4n) is 2.09.